The maximum absolute atomic E-state index is 13.7. The van der Waals surface area contributed by atoms with Crippen LogP contribution in [0.4, 0.5) is 8.78 Å². The first-order chi connectivity index (χ1) is 16.2. The van der Waals surface area contributed by atoms with Gasteiger partial charge in [0.2, 0.25) is 11.8 Å². The fraction of sp³-hybridized carbons (Fsp3) is 0.680. The van der Waals surface area contributed by atoms with Crippen LogP contribution in [0.15, 0.2) is 23.1 Å². The highest BCUT2D eigenvalue weighted by molar-refractivity contribution is 7.92. The molecular weight excluding hydrogens is 474 g/mol. The number of sulfone groups is 1. The monoisotopic (exact) mass is 510 g/mol. The third-order valence-corrected chi connectivity index (χ3v) is 9.69. The van der Waals surface area contributed by atoms with Gasteiger partial charge in [0.15, 0.2) is 9.84 Å². The molecule has 1 aliphatic carbocycles. The Morgan fingerprint density at radius 1 is 1.23 bits per heavy atom. The molecular formula is C25H36F2N4O3S. The van der Waals surface area contributed by atoms with E-state index in [0.29, 0.717) is 44.4 Å². The van der Waals surface area contributed by atoms with Gasteiger partial charge < -0.3 is 10.3 Å². The molecule has 10 heteroatoms. The van der Waals surface area contributed by atoms with Crippen LogP contribution in [0.25, 0.3) is 11.0 Å². The van der Waals surface area contributed by atoms with Crippen LogP contribution in [-0.2, 0) is 26.6 Å². The van der Waals surface area contributed by atoms with E-state index in [0.717, 1.165) is 11.3 Å². The van der Waals surface area contributed by atoms with Crippen LogP contribution in [0.2, 0.25) is 0 Å². The van der Waals surface area contributed by atoms with Gasteiger partial charge in [0.05, 0.1) is 21.8 Å². The van der Waals surface area contributed by atoms with Gasteiger partial charge in [0.25, 0.3) is 0 Å². The molecule has 1 unspecified atom stereocenters. The minimum Gasteiger partial charge on any atom is -0.369 e. The number of nitrogens with two attached hydrogens (primary N) is 1. The number of primary amides is 1. The maximum atomic E-state index is 13.7. The fourth-order valence-electron chi connectivity index (χ4n) is 5.33. The number of amides is 1. The summed E-state index contributed by atoms with van der Waals surface area (Å²) in [6.07, 6.45) is 1.29. The van der Waals surface area contributed by atoms with E-state index in [1.165, 1.54) is 0 Å². The van der Waals surface area contributed by atoms with E-state index in [1.54, 1.807) is 30.0 Å². The summed E-state index contributed by atoms with van der Waals surface area (Å²) in [6, 6.07) is 5.00. The quantitative estimate of drug-likeness (QED) is 0.631. The normalized spacial score (nSPS) is 23.1. The summed E-state index contributed by atoms with van der Waals surface area (Å²) >= 11 is 0. The average Bonchev–Trinajstić information content (AvgIpc) is 3.39. The Morgan fingerprint density at radius 2 is 1.89 bits per heavy atom. The Kier molecular flexibility index (Phi) is 6.76. The van der Waals surface area contributed by atoms with Gasteiger partial charge in [-0.3, -0.25) is 9.69 Å². The molecule has 2 heterocycles. The topological polar surface area (TPSA) is 98.3 Å². The number of halogens is 2. The molecule has 35 heavy (non-hydrogen) atoms. The highest BCUT2D eigenvalue weighted by Crippen LogP contribution is 2.38. The van der Waals surface area contributed by atoms with E-state index in [2.05, 4.69) is 4.57 Å². The van der Waals surface area contributed by atoms with Gasteiger partial charge in [-0.25, -0.2) is 22.2 Å². The van der Waals surface area contributed by atoms with Crippen LogP contribution in [0.5, 0.6) is 0 Å². The van der Waals surface area contributed by atoms with Crippen molar-refractivity contribution in [2.75, 3.05) is 13.1 Å². The largest absolute Gasteiger partial charge is 0.369 e. The lowest BCUT2D eigenvalue weighted by molar-refractivity contribution is -0.121. The molecule has 2 fully saturated rings. The van der Waals surface area contributed by atoms with Gasteiger partial charge in [-0.05, 0) is 50.3 Å². The number of nitrogens with zero attached hydrogens (tertiary/aromatic N) is 3. The minimum atomic E-state index is -3.70. The molecule has 1 aromatic carbocycles. The lowest BCUT2D eigenvalue weighted by Crippen LogP contribution is -2.38. The second kappa shape index (κ2) is 9.10. The van der Waals surface area contributed by atoms with Crippen LogP contribution in [-0.4, -0.2) is 53.2 Å². The lowest BCUT2D eigenvalue weighted by atomic mass is 9.86. The van der Waals surface area contributed by atoms with Crippen molar-refractivity contribution in [2.24, 2.45) is 17.6 Å². The van der Waals surface area contributed by atoms with E-state index >= 15 is 0 Å². The smallest absolute Gasteiger partial charge is 0.248 e. The van der Waals surface area contributed by atoms with E-state index in [-0.39, 0.29) is 35.0 Å². The number of hydrogen-bond acceptors (Lipinski definition) is 5. The Bertz CT molecular complexity index is 1210. The summed E-state index contributed by atoms with van der Waals surface area (Å²) in [5.74, 6) is -2.37. The van der Waals surface area contributed by atoms with Crippen LogP contribution >= 0.6 is 0 Å². The lowest BCUT2D eigenvalue weighted by Gasteiger charge is -2.30. The fourth-order valence-corrected chi connectivity index (χ4v) is 6.84. The molecule has 0 bridgehead atoms. The summed E-state index contributed by atoms with van der Waals surface area (Å²) in [4.78, 5) is 18.3. The van der Waals surface area contributed by atoms with E-state index < -0.39 is 27.0 Å². The van der Waals surface area contributed by atoms with Crippen molar-refractivity contribution >= 4 is 26.8 Å². The van der Waals surface area contributed by atoms with Gasteiger partial charge >= 0.3 is 0 Å². The standard InChI is InChI=1S/C25H36F2N4O3S/c1-16(30-12-9-18(15-30)22(28)32)35(33,34)19-5-6-21-20(13-19)29-23(24(2,3)4)31(21)14-17-7-10-25(26,27)11-8-17/h5-6,13,16-18H,7-12,14-15H2,1-4H3,(H2,28,32)/t16?,18-/m0/s1. The number of alkyl halides is 2. The van der Waals surface area contributed by atoms with Gasteiger partial charge in [-0.1, -0.05) is 20.8 Å². The number of benzene rings is 1. The van der Waals surface area contributed by atoms with Crippen molar-refractivity contribution in [1.29, 1.82) is 0 Å². The number of imidazole rings is 1. The number of hydrogen-bond donors (Lipinski definition) is 1. The zero-order chi connectivity index (χ0) is 25.8. The molecule has 2 aliphatic rings. The number of likely N-dealkylation sites (tertiary alicyclic amines) is 1. The molecule has 1 saturated heterocycles. The first-order valence-electron chi connectivity index (χ1n) is 12.3. The Labute approximate surface area is 206 Å². The Morgan fingerprint density at radius 3 is 2.46 bits per heavy atom. The second-order valence-corrected chi connectivity index (χ2v) is 13.5. The second-order valence-electron chi connectivity index (χ2n) is 11.3. The molecule has 0 spiro atoms. The van der Waals surface area contributed by atoms with Crippen molar-refractivity contribution in [3.8, 4) is 0 Å². The SMILES string of the molecule is CC(N1CC[C@H](C(N)=O)C1)S(=O)(=O)c1ccc2c(c1)nc(C(C)(C)C)n2CC1CCC(F)(F)CC1. The third-order valence-electron chi connectivity index (χ3n) is 7.58. The molecule has 2 aromatic rings. The van der Waals surface area contributed by atoms with Crippen molar-refractivity contribution in [3.63, 3.8) is 0 Å². The van der Waals surface area contributed by atoms with Crippen molar-refractivity contribution in [2.45, 2.75) is 88.0 Å². The minimum absolute atomic E-state index is 0.0947. The molecule has 7 nitrogen and oxygen atoms in total. The molecule has 1 saturated carbocycles. The molecule has 4 rings (SSSR count). The summed E-state index contributed by atoms with van der Waals surface area (Å²) in [7, 11) is -3.70. The van der Waals surface area contributed by atoms with Crippen LogP contribution in [0.3, 0.4) is 0 Å². The van der Waals surface area contributed by atoms with Crippen molar-refractivity contribution in [3.05, 3.63) is 24.0 Å². The molecule has 2 atom stereocenters. The van der Waals surface area contributed by atoms with Gasteiger partial charge in [0.1, 0.15) is 11.2 Å². The number of aromatic nitrogens is 2. The summed E-state index contributed by atoms with van der Waals surface area (Å²) in [6.45, 7) is 9.19. The van der Waals surface area contributed by atoms with Crippen molar-refractivity contribution in [1.82, 2.24) is 14.5 Å². The number of fused-ring (bicyclic) bond motifs is 1. The molecule has 0 radical (unpaired) electrons. The van der Waals surface area contributed by atoms with Crippen molar-refractivity contribution < 1.29 is 22.0 Å². The number of rotatable bonds is 6. The summed E-state index contributed by atoms with van der Waals surface area (Å²) in [5.41, 5.74) is 6.51. The zero-order valence-corrected chi connectivity index (χ0v) is 21.7. The molecule has 1 aromatic heterocycles. The van der Waals surface area contributed by atoms with Crippen LogP contribution in [0, 0.1) is 11.8 Å². The first kappa shape index (κ1) is 26.0. The first-order valence-corrected chi connectivity index (χ1v) is 13.9. The number of carbonyl (C=O) groups excluding carboxylic acids is 1. The third kappa shape index (κ3) is 5.23. The highest BCUT2D eigenvalue weighted by Gasteiger charge is 2.37. The Balaban J connectivity index is 1.64. The Hall–Kier alpha value is -2.07. The van der Waals surface area contributed by atoms with Gasteiger partial charge in [-0.2, -0.15) is 0 Å². The molecule has 194 valence electrons. The number of carbonyl (C=O) groups is 1. The van der Waals surface area contributed by atoms with Crippen LogP contribution in [0.1, 0.15) is 65.6 Å². The zero-order valence-electron chi connectivity index (χ0n) is 20.9. The predicted octanol–water partition coefficient (Wildman–Crippen LogP) is 4.09. The van der Waals surface area contributed by atoms with E-state index in [9.17, 15) is 22.0 Å². The predicted molar refractivity (Wildman–Crippen MR) is 131 cm³/mol. The van der Waals surface area contributed by atoms with E-state index in [1.807, 2.05) is 20.8 Å². The molecule has 2 N–H and O–H groups in total. The summed E-state index contributed by atoms with van der Waals surface area (Å²) in [5, 5.41) is -0.794. The maximum Gasteiger partial charge on any atom is 0.248 e. The van der Waals surface area contributed by atoms with E-state index in [4.69, 9.17) is 10.7 Å². The summed E-state index contributed by atoms with van der Waals surface area (Å²) < 4.78 is 56.3. The van der Waals surface area contributed by atoms with Crippen LogP contribution < -0.4 is 5.73 Å². The average molecular weight is 511 g/mol. The highest BCUT2D eigenvalue weighted by atomic mass is 32.2. The van der Waals surface area contributed by atoms with Gasteiger partial charge in [0, 0.05) is 37.9 Å². The molecule has 1 aliphatic heterocycles. The molecule has 1 amide bonds. The van der Waals surface area contributed by atoms with Gasteiger partial charge in [-0.15, -0.1) is 0 Å².